The van der Waals surface area contributed by atoms with Crippen molar-refractivity contribution in [3.05, 3.63) is 0 Å². The number of guanidine groups is 1. The third kappa shape index (κ3) is 8.50. The van der Waals surface area contributed by atoms with Gasteiger partial charge in [0.1, 0.15) is 0 Å². The molecule has 1 heterocycles. The Morgan fingerprint density at radius 2 is 1.83 bits per heavy atom. The van der Waals surface area contributed by atoms with Gasteiger partial charge in [0.05, 0.1) is 18.0 Å². The molecular weight excluding hydrogens is 431 g/mol. The second-order valence-corrected chi connectivity index (χ2v) is 8.25. The monoisotopic (exact) mass is 462 g/mol. The van der Waals surface area contributed by atoms with Crippen molar-refractivity contribution >= 4 is 40.0 Å². The van der Waals surface area contributed by atoms with Gasteiger partial charge in [-0.2, -0.15) is 4.31 Å². The Bertz CT molecular complexity index is 461. The van der Waals surface area contributed by atoms with Crippen molar-refractivity contribution in [2.45, 2.75) is 39.9 Å². The fraction of sp³-hybridized carbons (Fsp3) is 0.929. The maximum atomic E-state index is 12.4. The Balaban J connectivity index is 0.00000484. The highest BCUT2D eigenvalue weighted by molar-refractivity contribution is 14.0. The van der Waals surface area contributed by atoms with Crippen molar-refractivity contribution in [3.63, 3.8) is 0 Å². The van der Waals surface area contributed by atoms with Crippen LogP contribution in [0.3, 0.4) is 0 Å². The summed E-state index contributed by atoms with van der Waals surface area (Å²) in [6.45, 7) is 9.98. The van der Waals surface area contributed by atoms with Crippen LogP contribution >= 0.6 is 24.0 Å². The molecule has 2 unspecified atom stereocenters. The van der Waals surface area contributed by atoms with E-state index in [0.29, 0.717) is 31.5 Å². The Morgan fingerprint density at radius 1 is 1.26 bits per heavy atom. The van der Waals surface area contributed by atoms with E-state index in [9.17, 15) is 8.42 Å². The van der Waals surface area contributed by atoms with E-state index in [4.69, 9.17) is 4.74 Å². The van der Waals surface area contributed by atoms with Gasteiger partial charge < -0.3 is 15.4 Å². The molecule has 2 atom stereocenters. The maximum Gasteiger partial charge on any atom is 0.216 e. The van der Waals surface area contributed by atoms with E-state index >= 15 is 0 Å². The lowest BCUT2D eigenvalue weighted by Gasteiger charge is -2.34. The standard InChI is InChI=1S/C14H30N4O3S.HI/c1-11(2)8-17-14(15-5)16-6-7-22(19,20)18-9-12(3)21-13(4)10-18;/h11-13H,6-10H2,1-5H3,(H2,15,16,17);1H. The number of nitrogens with zero attached hydrogens (tertiary/aromatic N) is 2. The summed E-state index contributed by atoms with van der Waals surface area (Å²) in [6, 6.07) is 0. The summed E-state index contributed by atoms with van der Waals surface area (Å²) in [6.07, 6.45) is -0.126. The average molecular weight is 462 g/mol. The quantitative estimate of drug-likeness (QED) is 0.348. The van der Waals surface area contributed by atoms with Crippen molar-refractivity contribution in [3.8, 4) is 0 Å². The first-order valence-electron chi connectivity index (χ1n) is 7.82. The zero-order valence-electron chi connectivity index (χ0n) is 14.7. The van der Waals surface area contributed by atoms with E-state index in [-0.39, 0.29) is 41.9 Å². The van der Waals surface area contributed by atoms with Crippen molar-refractivity contribution in [1.82, 2.24) is 14.9 Å². The number of morpholine rings is 1. The maximum absolute atomic E-state index is 12.4. The number of rotatable bonds is 6. The van der Waals surface area contributed by atoms with E-state index in [2.05, 4.69) is 29.5 Å². The molecule has 7 nitrogen and oxygen atoms in total. The van der Waals surface area contributed by atoms with Crippen LogP contribution in [0.4, 0.5) is 0 Å². The zero-order chi connectivity index (χ0) is 16.8. The molecule has 2 N–H and O–H groups in total. The SMILES string of the molecule is CN=C(NCCS(=O)(=O)N1CC(C)OC(C)C1)NCC(C)C.I. The van der Waals surface area contributed by atoms with E-state index < -0.39 is 10.0 Å². The molecule has 9 heteroatoms. The Morgan fingerprint density at radius 3 is 2.30 bits per heavy atom. The lowest BCUT2D eigenvalue weighted by Crippen LogP contribution is -2.50. The molecule has 1 aliphatic heterocycles. The molecule has 0 saturated carbocycles. The second-order valence-electron chi connectivity index (χ2n) is 6.16. The van der Waals surface area contributed by atoms with Crippen LogP contribution in [0.15, 0.2) is 4.99 Å². The predicted molar refractivity (Wildman–Crippen MR) is 105 cm³/mol. The lowest BCUT2D eigenvalue weighted by atomic mass is 10.2. The molecule has 0 aromatic carbocycles. The van der Waals surface area contributed by atoms with Crippen LogP contribution in [0.5, 0.6) is 0 Å². The Labute approximate surface area is 157 Å². The first-order chi connectivity index (χ1) is 10.2. The molecule has 0 aromatic heterocycles. The van der Waals surface area contributed by atoms with Crippen molar-refractivity contribution in [2.75, 3.05) is 39.0 Å². The molecule has 138 valence electrons. The first kappa shape index (κ1) is 22.9. The molecule has 1 aliphatic rings. The van der Waals surface area contributed by atoms with Gasteiger partial charge in [-0.25, -0.2) is 8.42 Å². The number of ether oxygens (including phenoxy) is 1. The molecule has 1 saturated heterocycles. The van der Waals surface area contributed by atoms with Crippen LogP contribution in [0.1, 0.15) is 27.7 Å². The number of halogens is 1. The number of aliphatic imine (C=N–C) groups is 1. The molecular formula is C14H31IN4O3S. The Hall–Kier alpha value is -0.130. The van der Waals surface area contributed by atoms with Crippen LogP contribution in [0, 0.1) is 5.92 Å². The van der Waals surface area contributed by atoms with E-state index in [1.54, 1.807) is 7.05 Å². The largest absolute Gasteiger partial charge is 0.373 e. The summed E-state index contributed by atoms with van der Waals surface area (Å²) < 4.78 is 31.9. The topological polar surface area (TPSA) is 83.0 Å². The fourth-order valence-corrected chi connectivity index (χ4v) is 3.80. The fourth-order valence-electron chi connectivity index (χ4n) is 2.31. The molecule has 23 heavy (non-hydrogen) atoms. The van der Waals surface area contributed by atoms with Gasteiger partial charge in [-0.15, -0.1) is 24.0 Å². The van der Waals surface area contributed by atoms with Gasteiger partial charge in [0.25, 0.3) is 0 Å². The second kappa shape index (κ2) is 10.7. The molecule has 1 rings (SSSR count). The third-order valence-electron chi connectivity index (χ3n) is 3.33. The van der Waals surface area contributed by atoms with Crippen molar-refractivity contribution < 1.29 is 13.2 Å². The van der Waals surface area contributed by atoms with Gasteiger partial charge in [-0.3, -0.25) is 4.99 Å². The minimum Gasteiger partial charge on any atom is -0.373 e. The van der Waals surface area contributed by atoms with Gasteiger partial charge in [-0.1, -0.05) is 13.8 Å². The smallest absolute Gasteiger partial charge is 0.216 e. The van der Waals surface area contributed by atoms with Gasteiger partial charge >= 0.3 is 0 Å². The summed E-state index contributed by atoms with van der Waals surface area (Å²) in [4.78, 5) is 4.08. The molecule has 0 amide bonds. The summed E-state index contributed by atoms with van der Waals surface area (Å²) in [7, 11) is -1.60. The normalized spacial score (nSPS) is 23.5. The first-order valence-corrected chi connectivity index (χ1v) is 9.43. The molecule has 0 bridgehead atoms. The van der Waals surface area contributed by atoms with Gasteiger partial charge in [0, 0.05) is 33.2 Å². The summed E-state index contributed by atoms with van der Waals surface area (Å²) in [5.74, 6) is 1.18. The zero-order valence-corrected chi connectivity index (χ0v) is 17.9. The molecule has 0 radical (unpaired) electrons. The van der Waals surface area contributed by atoms with Crippen LogP contribution in [0.25, 0.3) is 0 Å². The Kier molecular flexibility index (Phi) is 10.6. The highest BCUT2D eigenvalue weighted by Gasteiger charge is 2.30. The molecule has 0 spiro atoms. The number of hydrogen-bond acceptors (Lipinski definition) is 4. The van der Waals surface area contributed by atoms with Gasteiger partial charge in [0.2, 0.25) is 10.0 Å². The minimum absolute atomic E-state index is 0. The van der Waals surface area contributed by atoms with Crippen molar-refractivity contribution in [1.29, 1.82) is 0 Å². The molecule has 0 aromatic rings. The van der Waals surface area contributed by atoms with Gasteiger partial charge in [-0.05, 0) is 19.8 Å². The highest BCUT2D eigenvalue weighted by Crippen LogP contribution is 2.14. The average Bonchev–Trinajstić information content (AvgIpc) is 2.41. The van der Waals surface area contributed by atoms with E-state index in [1.807, 2.05) is 13.8 Å². The summed E-state index contributed by atoms with van der Waals surface area (Å²) in [5, 5.41) is 6.20. The molecule has 0 aliphatic carbocycles. The minimum atomic E-state index is -3.28. The lowest BCUT2D eigenvalue weighted by molar-refractivity contribution is -0.0440. The third-order valence-corrected chi connectivity index (χ3v) is 5.14. The number of hydrogen-bond donors (Lipinski definition) is 2. The summed E-state index contributed by atoms with van der Waals surface area (Å²) in [5.41, 5.74) is 0. The van der Waals surface area contributed by atoms with Gasteiger partial charge in [0.15, 0.2) is 5.96 Å². The van der Waals surface area contributed by atoms with E-state index in [0.717, 1.165) is 6.54 Å². The number of nitrogens with one attached hydrogen (secondary N) is 2. The highest BCUT2D eigenvalue weighted by atomic mass is 127. The van der Waals surface area contributed by atoms with Crippen LogP contribution < -0.4 is 10.6 Å². The van der Waals surface area contributed by atoms with Crippen LogP contribution in [0.2, 0.25) is 0 Å². The van der Waals surface area contributed by atoms with Crippen molar-refractivity contribution in [2.24, 2.45) is 10.9 Å². The van der Waals surface area contributed by atoms with Crippen LogP contribution in [-0.2, 0) is 14.8 Å². The molecule has 1 fully saturated rings. The number of sulfonamides is 1. The predicted octanol–water partition coefficient (Wildman–Crippen LogP) is 0.864. The van der Waals surface area contributed by atoms with Crippen LogP contribution in [-0.4, -0.2) is 69.9 Å². The van der Waals surface area contributed by atoms with E-state index in [1.165, 1.54) is 4.31 Å². The summed E-state index contributed by atoms with van der Waals surface area (Å²) >= 11 is 0.